The highest BCUT2D eigenvalue weighted by Crippen LogP contribution is 2.49. The lowest BCUT2D eigenvalue weighted by molar-refractivity contribution is 0.548. The molecule has 1 saturated carbocycles. The normalized spacial score (nSPS) is 21.9. The third kappa shape index (κ3) is 1.63. The van der Waals surface area contributed by atoms with Gasteiger partial charge >= 0.3 is 0 Å². The third-order valence-corrected chi connectivity index (χ3v) is 4.05. The molecule has 1 spiro atoms. The van der Waals surface area contributed by atoms with Crippen LogP contribution in [0.5, 0.6) is 0 Å². The topological polar surface area (TPSA) is 15.3 Å². The Hall–Kier alpha value is -0.700. The van der Waals surface area contributed by atoms with E-state index in [1.807, 2.05) is 0 Å². The summed E-state index contributed by atoms with van der Waals surface area (Å²) >= 11 is 3.53. The van der Waals surface area contributed by atoms with Gasteiger partial charge in [-0.05, 0) is 31.0 Å². The molecule has 1 heterocycles. The molecular formula is C12H15BrN2. The maximum Gasteiger partial charge on any atom is 0.0610 e. The Kier molecular flexibility index (Phi) is 2.00. The van der Waals surface area contributed by atoms with Gasteiger partial charge in [0.25, 0.3) is 0 Å². The number of anilines is 2. The molecule has 0 saturated heterocycles. The Morgan fingerprint density at radius 2 is 2.20 bits per heavy atom. The first-order valence-electron chi connectivity index (χ1n) is 5.43. The first kappa shape index (κ1) is 9.52. The van der Waals surface area contributed by atoms with Crippen LogP contribution in [0.1, 0.15) is 12.8 Å². The fraction of sp³-hybridized carbons (Fsp3) is 0.500. The zero-order chi connectivity index (χ0) is 10.5. The highest BCUT2D eigenvalue weighted by molar-refractivity contribution is 9.10. The molecule has 1 aliphatic heterocycles. The predicted molar refractivity (Wildman–Crippen MR) is 67.6 cm³/mol. The summed E-state index contributed by atoms with van der Waals surface area (Å²) in [5.41, 5.74) is 3.14. The number of benzene rings is 1. The standard InChI is InChI=1S/C12H15BrN2/c1-15-8-12(4-5-12)7-14-10-3-2-9(13)6-11(10)15/h2-3,6,14H,4-5,7-8H2,1H3. The van der Waals surface area contributed by atoms with Crippen molar-refractivity contribution >= 4 is 27.3 Å². The average Bonchev–Trinajstić information content (AvgIpc) is 2.97. The lowest BCUT2D eigenvalue weighted by Crippen LogP contribution is -2.27. The zero-order valence-electron chi connectivity index (χ0n) is 8.89. The number of nitrogens with one attached hydrogen (secondary N) is 1. The van der Waals surface area contributed by atoms with Crippen molar-refractivity contribution in [2.45, 2.75) is 12.8 Å². The van der Waals surface area contributed by atoms with Gasteiger partial charge in [-0.2, -0.15) is 0 Å². The van der Waals surface area contributed by atoms with Gasteiger partial charge in [0.05, 0.1) is 11.4 Å². The summed E-state index contributed by atoms with van der Waals surface area (Å²) < 4.78 is 1.15. The Bertz CT molecular complexity index is 399. The molecule has 3 rings (SSSR count). The second kappa shape index (κ2) is 3.14. The van der Waals surface area contributed by atoms with E-state index in [9.17, 15) is 0 Å². The molecule has 1 aromatic rings. The van der Waals surface area contributed by atoms with Crippen molar-refractivity contribution in [1.82, 2.24) is 0 Å². The minimum atomic E-state index is 0.556. The van der Waals surface area contributed by atoms with Crippen molar-refractivity contribution in [2.75, 3.05) is 30.4 Å². The molecule has 0 aromatic heterocycles. The molecule has 3 heteroatoms. The van der Waals surface area contributed by atoms with Gasteiger partial charge in [0, 0.05) is 30.0 Å². The third-order valence-electron chi connectivity index (χ3n) is 3.55. The summed E-state index contributed by atoms with van der Waals surface area (Å²) in [5.74, 6) is 0. The number of fused-ring (bicyclic) bond motifs is 1. The summed E-state index contributed by atoms with van der Waals surface area (Å²) in [7, 11) is 2.19. The number of halogens is 1. The zero-order valence-corrected chi connectivity index (χ0v) is 10.5. The Balaban J connectivity index is 2.00. The highest BCUT2D eigenvalue weighted by Gasteiger charge is 2.44. The number of rotatable bonds is 0. The second-order valence-corrected chi connectivity index (χ2v) is 5.79. The van der Waals surface area contributed by atoms with Gasteiger partial charge < -0.3 is 10.2 Å². The van der Waals surface area contributed by atoms with Gasteiger partial charge in [0.15, 0.2) is 0 Å². The Morgan fingerprint density at radius 3 is 2.93 bits per heavy atom. The summed E-state index contributed by atoms with van der Waals surface area (Å²) in [6, 6.07) is 6.46. The summed E-state index contributed by atoms with van der Waals surface area (Å²) in [4.78, 5) is 2.38. The first-order valence-corrected chi connectivity index (χ1v) is 6.22. The van der Waals surface area contributed by atoms with E-state index in [2.05, 4.69) is 51.4 Å². The summed E-state index contributed by atoms with van der Waals surface area (Å²) in [6.07, 6.45) is 2.75. The molecule has 1 N–H and O–H groups in total. The van der Waals surface area contributed by atoms with E-state index in [0.717, 1.165) is 11.0 Å². The van der Waals surface area contributed by atoms with Gasteiger partial charge in [-0.25, -0.2) is 0 Å². The Morgan fingerprint density at radius 1 is 1.40 bits per heavy atom. The fourth-order valence-corrected chi connectivity index (χ4v) is 2.76. The molecule has 0 radical (unpaired) electrons. The summed E-state index contributed by atoms with van der Waals surface area (Å²) in [6.45, 7) is 2.31. The van der Waals surface area contributed by atoms with Crippen LogP contribution in [0.3, 0.4) is 0 Å². The maximum atomic E-state index is 3.57. The SMILES string of the molecule is CN1CC2(CC2)CNc2ccc(Br)cc21. The minimum Gasteiger partial charge on any atom is -0.383 e. The van der Waals surface area contributed by atoms with Crippen molar-refractivity contribution in [1.29, 1.82) is 0 Å². The molecule has 1 fully saturated rings. The van der Waals surface area contributed by atoms with E-state index < -0.39 is 0 Å². The molecule has 0 unspecified atom stereocenters. The van der Waals surface area contributed by atoms with E-state index >= 15 is 0 Å². The van der Waals surface area contributed by atoms with Crippen LogP contribution in [-0.2, 0) is 0 Å². The molecule has 1 aromatic carbocycles. The molecule has 2 aliphatic rings. The lowest BCUT2D eigenvalue weighted by Gasteiger charge is -2.22. The van der Waals surface area contributed by atoms with E-state index in [-0.39, 0.29) is 0 Å². The molecule has 0 amide bonds. The molecular weight excluding hydrogens is 252 g/mol. The average molecular weight is 267 g/mol. The van der Waals surface area contributed by atoms with Crippen molar-refractivity contribution in [3.8, 4) is 0 Å². The number of hydrogen-bond donors (Lipinski definition) is 1. The van der Waals surface area contributed by atoms with E-state index in [0.29, 0.717) is 5.41 Å². The monoisotopic (exact) mass is 266 g/mol. The van der Waals surface area contributed by atoms with Crippen LogP contribution < -0.4 is 10.2 Å². The molecule has 2 nitrogen and oxygen atoms in total. The number of nitrogens with zero attached hydrogens (tertiary/aromatic N) is 1. The van der Waals surface area contributed by atoms with Crippen LogP contribution in [0.15, 0.2) is 22.7 Å². The van der Waals surface area contributed by atoms with Gasteiger partial charge in [-0.1, -0.05) is 15.9 Å². The largest absolute Gasteiger partial charge is 0.383 e. The maximum absolute atomic E-state index is 3.57. The molecule has 0 bridgehead atoms. The van der Waals surface area contributed by atoms with Crippen molar-refractivity contribution in [2.24, 2.45) is 5.41 Å². The van der Waals surface area contributed by atoms with Crippen LogP contribution in [0, 0.1) is 5.41 Å². The predicted octanol–water partition coefficient (Wildman–Crippen LogP) is 3.09. The smallest absolute Gasteiger partial charge is 0.0610 e. The number of hydrogen-bond acceptors (Lipinski definition) is 2. The quantitative estimate of drug-likeness (QED) is 0.777. The second-order valence-electron chi connectivity index (χ2n) is 4.87. The van der Waals surface area contributed by atoms with Crippen molar-refractivity contribution in [3.05, 3.63) is 22.7 Å². The van der Waals surface area contributed by atoms with E-state index in [1.165, 1.54) is 30.8 Å². The van der Waals surface area contributed by atoms with Crippen LogP contribution in [0.4, 0.5) is 11.4 Å². The van der Waals surface area contributed by atoms with Crippen molar-refractivity contribution < 1.29 is 0 Å². The molecule has 1 aliphatic carbocycles. The van der Waals surface area contributed by atoms with Gasteiger partial charge in [0.1, 0.15) is 0 Å². The van der Waals surface area contributed by atoms with E-state index in [1.54, 1.807) is 0 Å². The van der Waals surface area contributed by atoms with E-state index in [4.69, 9.17) is 0 Å². The molecule has 80 valence electrons. The first-order chi connectivity index (χ1) is 7.19. The van der Waals surface area contributed by atoms with Crippen LogP contribution in [0.25, 0.3) is 0 Å². The highest BCUT2D eigenvalue weighted by atomic mass is 79.9. The molecule has 15 heavy (non-hydrogen) atoms. The summed E-state index contributed by atoms with van der Waals surface area (Å²) in [5, 5.41) is 3.57. The van der Waals surface area contributed by atoms with Gasteiger partial charge in [0.2, 0.25) is 0 Å². The van der Waals surface area contributed by atoms with Crippen molar-refractivity contribution in [3.63, 3.8) is 0 Å². The lowest BCUT2D eigenvalue weighted by atomic mass is 10.1. The van der Waals surface area contributed by atoms with Gasteiger partial charge in [-0.3, -0.25) is 0 Å². The van der Waals surface area contributed by atoms with Gasteiger partial charge in [-0.15, -0.1) is 0 Å². The van der Waals surface area contributed by atoms with Crippen LogP contribution >= 0.6 is 15.9 Å². The molecule has 0 atom stereocenters. The minimum absolute atomic E-state index is 0.556. The van der Waals surface area contributed by atoms with Crippen LogP contribution in [-0.4, -0.2) is 20.1 Å². The Labute approximate surface area is 98.8 Å². The fourth-order valence-electron chi connectivity index (χ4n) is 2.41. The van der Waals surface area contributed by atoms with Crippen LogP contribution in [0.2, 0.25) is 0 Å².